The maximum Gasteiger partial charge on any atom is 0.0539 e. The molecular formula is C13H16BrN3. The molecule has 0 bridgehead atoms. The minimum Gasteiger partial charge on any atom is -0.380 e. The van der Waals surface area contributed by atoms with E-state index >= 15 is 0 Å². The van der Waals surface area contributed by atoms with E-state index in [0.717, 1.165) is 23.2 Å². The maximum absolute atomic E-state index is 4.25. The summed E-state index contributed by atoms with van der Waals surface area (Å²) in [7, 11) is 0. The average Bonchev–Trinajstić information content (AvgIpc) is 2.79. The molecule has 0 fully saturated rings. The molecule has 2 aromatic rings. The number of aromatic nitrogens is 2. The Morgan fingerprint density at radius 1 is 1.41 bits per heavy atom. The van der Waals surface area contributed by atoms with Crippen molar-refractivity contribution in [3.05, 3.63) is 46.2 Å². The molecular weight excluding hydrogens is 278 g/mol. The zero-order valence-electron chi connectivity index (χ0n) is 10.1. The van der Waals surface area contributed by atoms with Crippen LogP contribution in [0.25, 0.3) is 0 Å². The summed E-state index contributed by atoms with van der Waals surface area (Å²) >= 11 is 3.59. The van der Waals surface area contributed by atoms with Crippen LogP contribution in [0.15, 0.2) is 35.1 Å². The molecule has 3 nitrogen and oxygen atoms in total. The highest BCUT2D eigenvalue weighted by Gasteiger charge is 2.02. The predicted octanol–water partition coefficient (Wildman–Crippen LogP) is 3.59. The number of benzene rings is 1. The van der Waals surface area contributed by atoms with Gasteiger partial charge in [0.1, 0.15) is 0 Å². The number of nitrogens with zero attached hydrogens (tertiary/aromatic N) is 2. The molecule has 0 aliphatic carbocycles. The Bertz CT molecular complexity index is 505. The number of halogens is 1. The Morgan fingerprint density at radius 3 is 2.94 bits per heavy atom. The molecule has 1 aromatic carbocycles. The van der Waals surface area contributed by atoms with E-state index < -0.39 is 0 Å². The van der Waals surface area contributed by atoms with Crippen molar-refractivity contribution in [3.63, 3.8) is 0 Å². The number of rotatable bonds is 4. The van der Waals surface area contributed by atoms with E-state index in [4.69, 9.17) is 0 Å². The lowest BCUT2D eigenvalue weighted by atomic mass is 10.2. The molecule has 0 saturated heterocycles. The molecule has 1 aromatic heterocycles. The Morgan fingerprint density at radius 2 is 2.24 bits per heavy atom. The third-order valence-electron chi connectivity index (χ3n) is 2.69. The lowest BCUT2D eigenvalue weighted by Gasteiger charge is -2.09. The van der Waals surface area contributed by atoms with Gasteiger partial charge in [-0.1, -0.05) is 12.1 Å². The van der Waals surface area contributed by atoms with Gasteiger partial charge in [-0.15, -0.1) is 0 Å². The first-order valence-corrected chi connectivity index (χ1v) is 6.50. The van der Waals surface area contributed by atoms with Gasteiger partial charge in [-0.2, -0.15) is 5.10 Å². The van der Waals surface area contributed by atoms with Gasteiger partial charge in [-0.25, -0.2) is 0 Å². The highest BCUT2D eigenvalue weighted by molar-refractivity contribution is 9.10. The largest absolute Gasteiger partial charge is 0.380 e. The molecule has 0 unspecified atom stereocenters. The summed E-state index contributed by atoms with van der Waals surface area (Å²) in [6, 6.07) is 6.21. The zero-order chi connectivity index (χ0) is 12.3. The first kappa shape index (κ1) is 12.2. The summed E-state index contributed by atoms with van der Waals surface area (Å²) in [5, 5.41) is 7.66. The van der Waals surface area contributed by atoms with Crippen LogP contribution in [0.4, 0.5) is 5.69 Å². The summed E-state index contributed by atoms with van der Waals surface area (Å²) in [5.74, 6) is 0. The van der Waals surface area contributed by atoms with Crippen molar-refractivity contribution in [2.45, 2.75) is 26.9 Å². The summed E-state index contributed by atoms with van der Waals surface area (Å²) in [6.45, 7) is 5.88. The van der Waals surface area contributed by atoms with E-state index in [1.165, 1.54) is 11.1 Å². The van der Waals surface area contributed by atoms with Crippen molar-refractivity contribution < 1.29 is 0 Å². The van der Waals surface area contributed by atoms with Gasteiger partial charge in [-0.3, -0.25) is 4.68 Å². The van der Waals surface area contributed by atoms with Crippen molar-refractivity contribution in [1.82, 2.24) is 9.78 Å². The van der Waals surface area contributed by atoms with Crippen LogP contribution in [-0.2, 0) is 13.1 Å². The quantitative estimate of drug-likeness (QED) is 0.934. The second-order valence-corrected chi connectivity index (χ2v) is 4.79. The van der Waals surface area contributed by atoms with Crippen LogP contribution in [0.5, 0.6) is 0 Å². The van der Waals surface area contributed by atoms with Gasteiger partial charge < -0.3 is 5.32 Å². The first-order chi connectivity index (χ1) is 8.20. The van der Waals surface area contributed by atoms with Crippen LogP contribution in [0.3, 0.4) is 0 Å². The van der Waals surface area contributed by atoms with Gasteiger partial charge in [0, 0.05) is 35.0 Å². The fourth-order valence-electron chi connectivity index (χ4n) is 1.65. The molecule has 0 saturated carbocycles. The molecule has 0 amide bonds. The van der Waals surface area contributed by atoms with E-state index in [1.54, 1.807) is 0 Å². The lowest BCUT2D eigenvalue weighted by molar-refractivity contribution is 0.659. The van der Waals surface area contributed by atoms with Gasteiger partial charge in [-0.05, 0) is 41.4 Å². The number of hydrogen-bond acceptors (Lipinski definition) is 2. The lowest BCUT2D eigenvalue weighted by Crippen LogP contribution is -2.00. The van der Waals surface area contributed by atoms with Crippen LogP contribution < -0.4 is 5.32 Å². The molecule has 1 heterocycles. The van der Waals surface area contributed by atoms with Crippen molar-refractivity contribution in [2.75, 3.05) is 5.32 Å². The van der Waals surface area contributed by atoms with Crippen LogP contribution in [0, 0.1) is 6.92 Å². The fraction of sp³-hybridized carbons (Fsp3) is 0.308. The van der Waals surface area contributed by atoms with Gasteiger partial charge in [0.05, 0.1) is 6.20 Å². The van der Waals surface area contributed by atoms with Crippen molar-refractivity contribution in [2.24, 2.45) is 0 Å². The van der Waals surface area contributed by atoms with E-state index in [1.807, 2.05) is 10.9 Å². The Kier molecular flexibility index (Phi) is 3.84. The standard InChI is InChI=1S/C13H16BrN3/c1-3-17-9-11(8-16-17)7-15-12-6-4-5-10(2)13(12)14/h4-6,8-9,15H,3,7H2,1-2H3. The van der Waals surface area contributed by atoms with Crippen molar-refractivity contribution >= 4 is 21.6 Å². The molecule has 17 heavy (non-hydrogen) atoms. The summed E-state index contributed by atoms with van der Waals surface area (Å²) in [5.41, 5.74) is 3.55. The molecule has 0 radical (unpaired) electrons. The Labute approximate surface area is 110 Å². The second kappa shape index (κ2) is 5.36. The SMILES string of the molecule is CCn1cc(CNc2cccc(C)c2Br)cn1. The number of anilines is 1. The predicted molar refractivity (Wildman–Crippen MR) is 74.1 cm³/mol. The van der Waals surface area contributed by atoms with Gasteiger partial charge in [0.2, 0.25) is 0 Å². The van der Waals surface area contributed by atoms with Crippen LogP contribution in [0.1, 0.15) is 18.1 Å². The maximum atomic E-state index is 4.25. The molecule has 2 rings (SSSR count). The van der Waals surface area contributed by atoms with Crippen LogP contribution in [0.2, 0.25) is 0 Å². The third-order valence-corrected chi connectivity index (χ3v) is 3.74. The van der Waals surface area contributed by atoms with Crippen molar-refractivity contribution in [1.29, 1.82) is 0 Å². The van der Waals surface area contributed by atoms with Crippen LogP contribution >= 0.6 is 15.9 Å². The van der Waals surface area contributed by atoms with Crippen LogP contribution in [-0.4, -0.2) is 9.78 Å². The number of hydrogen-bond donors (Lipinski definition) is 1. The second-order valence-electron chi connectivity index (χ2n) is 3.99. The first-order valence-electron chi connectivity index (χ1n) is 5.71. The minimum absolute atomic E-state index is 0.794. The van der Waals surface area contributed by atoms with E-state index in [9.17, 15) is 0 Å². The molecule has 0 spiro atoms. The number of aryl methyl sites for hydroxylation is 2. The molecule has 0 aliphatic heterocycles. The topological polar surface area (TPSA) is 29.9 Å². The summed E-state index contributed by atoms with van der Waals surface area (Å²) in [6.07, 6.45) is 3.97. The van der Waals surface area contributed by atoms with Gasteiger partial charge >= 0.3 is 0 Å². The molecule has 0 aliphatic rings. The molecule has 1 N–H and O–H groups in total. The normalized spacial score (nSPS) is 10.5. The monoisotopic (exact) mass is 293 g/mol. The molecule has 0 atom stereocenters. The van der Waals surface area contributed by atoms with Gasteiger partial charge in [0.15, 0.2) is 0 Å². The zero-order valence-corrected chi connectivity index (χ0v) is 11.7. The third kappa shape index (κ3) is 2.88. The smallest absolute Gasteiger partial charge is 0.0539 e. The molecule has 90 valence electrons. The highest BCUT2D eigenvalue weighted by Crippen LogP contribution is 2.26. The average molecular weight is 294 g/mol. The summed E-state index contributed by atoms with van der Waals surface area (Å²) < 4.78 is 3.06. The molecule has 4 heteroatoms. The minimum atomic E-state index is 0.794. The highest BCUT2D eigenvalue weighted by atomic mass is 79.9. The van der Waals surface area contributed by atoms with E-state index in [0.29, 0.717) is 0 Å². The number of nitrogens with one attached hydrogen (secondary N) is 1. The summed E-state index contributed by atoms with van der Waals surface area (Å²) in [4.78, 5) is 0. The van der Waals surface area contributed by atoms with E-state index in [-0.39, 0.29) is 0 Å². The van der Waals surface area contributed by atoms with Gasteiger partial charge in [0.25, 0.3) is 0 Å². The van der Waals surface area contributed by atoms with Crippen molar-refractivity contribution in [3.8, 4) is 0 Å². The fourth-order valence-corrected chi connectivity index (χ4v) is 2.06. The van der Waals surface area contributed by atoms with E-state index in [2.05, 4.69) is 64.6 Å². The Balaban J connectivity index is 2.04. The Hall–Kier alpha value is -1.29.